The van der Waals surface area contributed by atoms with E-state index in [0.717, 1.165) is 61.7 Å². The van der Waals surface area contributed by atoms with Crippen molar-refractivity contribution in [3.63, 3.8) is 0 Å². The smallest absolute Gasteiger partial charge is 0.299 e. The van der Waals surface area contributed by atoms with Crippen LogP contribution in [0.3, 0.4) is 0 Å². The Kier molecular flexibility index (Phi) is 16.9. The molecule has 80 heavy (non-hydrogen) atoms. The fourth-order valence-electron chi connectivity index (χ4n) is 10.7. The van der Waals surface area contributed by atoms with Crippen LogP contribution in [-0.4, -0.2) is 113 Å². The van der Waals surface area contributed by atoms with E-state index < -0.39 is 42.4 Å². The number of hydrogen-bond donors (Lipinski definition) is 0. The van der Waals surface area contributed by atoms with Crippen LogP contribution in [0.4, 0.5) is 34.1 Å². The van der Waals surface area contributed by atoms with Crippen LogP contribution >= 0.6 is 0 Å². The zero-order chi connectivity index (χ0) is 55.5. The maximum Gasteiger partial charge on any atom is 0.299 e. The molecule has 410 valence electrons. The summed E-state index contributed by atoms with van der Waals surface area (Å²) in [5.74, 6) is 1.88. The van der Waals surface area contributed by atoms with Gasteiger partial charge in [0, 0.05) is 114 Å². The fourth-order valence-corrected chi connectivity index (χ4v) is 10.7. The van der Waals surface area contributed by atoms with Gasteiger partial charge in [-0.05, 0) is 63.5 Å². The van der Waals surface area contributed by atoms with Crippen molar-refractivity contribution in [3.8, 4) is 17.2 Å². The van der Waals surface area contributed by atoms with Crippen molar-refractivity contribution in [2.75, 3.05) is 88.5 Å². The normalized spacial score (nSPS) is 17.1. The van der Waals surface area contributed by atoms with Crippen molar-refractivity contribution in [2.24, 2.45) is 0 Å². The number of nitrogens with zero attached hydrogens (tertiary/aromatic N) is 9. The third kappa shape index (κ3) is 12.8. The SMILES string of the molecule is O=[N+]([O-])c1ccc(N2CCN3CCN(Cc4c5ccccc5cc5ccccc45)Cc4ccccc4OCCN(CCOc4ccccc4C2)CCOc2ccccc2CN(c2ccc([N+](=O)[O-])cc2[N+](=O)[O-])CC3)c([N+](=O)[O-])c1. The third-order valence-corrected chi connectivity index (χ3v) is 14.8. The quantitative estimate of drug-likeness (QED) is 0.0785. The molecule has 3 heterocycles. The molecule has 3 aliphatic heterocycles. The van der Waals surface area contributed by atoms with Gasteiger partial charge in [-0.2, -0.15) is 0 Å². The van der Waals surface area contributed by atoms with Crippen LogP contribution in [0.5, 0.6) is 17.2 Å². The van der Waals surface area contributed by atoms with E-state index in [2.05, 4.69) is 51.1 Å². The zero-order valence-corrected chi connectivity index (χ0v) is 43.9. The van der Waals surface area contributed by atoms with E-state index in [0.29, 0.717) is 63.9 Å². The van der Waals surface area contributed by atoms with E-state index in [4.69, 9.17) is 14.2 Å². The van der Waals surface area contributed by atoms with Crippen molar-refractivity contribution < 1.29 is 33.9 Å². The summed E-state index contributed by atoms with van der Waals surface area (Å²) >= 11 is 0. The number of nitro groups is 4. The number of ether oxygens (including phenoxy) is 3. The van der Waals surface area contributed by atoms with E-state index in [1.807, 2.05) is 101 Å². The number of para-hydroxylation sites is 3. The van der Waals surface area contributed by atoms with E-state index in [9.17, 15) is 40.5 Å². The molecule has 20 nitrogen and oxygen atoms in total. The van der Waals surface area contributed by atoms with Crippen molar-refractivity contribution in [1.82, 2.24) is 14.7 Å². The number of hydrogen-bond acceptors (Lipinski definition) is 16. The van der Waals surface area contributed by atoms with Crippen molar-refractivity contribution in [3.05, 3.63) is 227 Å². The van der Waals surface area contributed by atoms with Crippen LogP contribution in [0, 0.1) is 40.5 Å². The maximum absolute atomic E-state index is 12.9. The number of non-ortho nitro benzene ring substituents is 2. The van der Waals surface area contributed by atoms with Gasteiger partial charge in [-0.3, -0.25) is 55.2 Å². The summed E-state index contributed by atoms with van der Waals surface area (Å²) in [6.45, 7) is 5.41. The maximum atomic E-state index is 12.9. The Balaban J connectivity index is 1.13. The lowest BCUT2D eigenvalue weighted by Crippen LogP contribution is -2.43. The van der Waals surface area contributed by atoms with Crippen molar-refractivity contribution in [1.29, 1.82) is 0 Å². The predicted molar refractivity (Wildman–Crippen MR) is 306 cm³/mol. The Bertz CT molecular complexity index is 3370. The number of rotatable bonds is 8. The highest BCUT2D eigenvalue weighted by Gasteiger charge is 2.29. The molecule has 0 spiro atoms. The Morgan fingerprint density at radius 3 is 1.21 bits per heavy atom. The van der Waals surface area contributed by atoms with E-state index in [1.165, 1.54) is 24.3 Å². The van der Waals surface area contributed by atoms with E-state index in [-0.39, 0.29) is 63.9 Å². The highest BCUT2D eigenvalue weighted by molar-refractivity contribution is 6.02. The summed E-state index contributed by atoms with van der Waals surface area (Å²) < 4.78 is 19.8. The zero-order valence-electron chi connectivity index (χ0n) is 43.9. The minimum atomic E-state index is -0.656. The second-order valence-electron chi connectivity index (χ2n) is 19.8. The van der Waals surface area contributed by atoms with Crippen molar-refractivity contribution in [2.45, 2.75) is 26.2 Å². The summed E-state index contributed by atoms with van der Waals surface area (Å²) in [5.41, 5.74) is 2.22. The monoisotopic (exact) mass is 1080 g/mol. The fraction of sp³-hybridized carbons (Fsp3) is 0.267. The Hall–Kier alpha value is -9.24. The molecule has 8 aromatic rings. The van der Waals surface area contributed by atoms with Gasteiger partial charge in [0.1, 0.15) is 48.4 Å². The van der Waals surface area contributed by atoms with Crippen LogP contribution in [-0.2, 0) is 26.2 Å². The van der Waals surface area contributed by atoms with Crippen LogP contribution in [0.2, 0.25) is 0 Å². The number of anilines is 2. The third-order valence-electron chi connectivity index (χ3n) is 14.8. The molecule has 0 aromatic heterocycles. The minimum absolute atomic E-state index is 0.128. The molecule has 2 bridgehead atoms. The summed E-state index contributed by atoms with van der Waals surface area (Å²) in [6.07, 6.45) is 0. The molecular formula is C60H59N9O11. The molecule has 8 aromatic carbocycles. The first-order valence-corrected chi connectivity index (χ1v) is 26.5. The molecule has 0 saturated carbocycles. The number of benzene rings is 8. The van der Waals surface area contributed by atoms with Gasteiger partial charge in [-0.25, -0.2) is 0 Å². The van der Waals surface area contributed by atoms with E-state index in [1.54, 1.807) is 0 Å². The van der Waals surface area contributed by atoms with Gasteiger partial charge in [0.05, 0.1) is 31.8 Å². The van der Waals surface area contributed by atoms with Gasteiger partial charge in [0.15, 0.2) is 0 Å². The summed E-state index contributed by atoms with van der Waals surface area (Å²) in [6, 6.07) is 49.3. The lowest BCUT2D eigenvalue weighted by Gasteiger charge is -2.34. The topological polar surface area (TPSA) is 216 Å². The molecule has 0 fully saturated rings. The second kappa shape index (κ2) is 25.0. The average molecular weight is 1080 g/mol. The Morgan fingerprint density at radius 2 is 0.775 bits per heavy atom. The number of fused-ring (bicyclic) bond motifs is 17. The summed E-state index contributed by atoms with van der Waals surface area (Å²) in [5, 5.41) is 54.4. The predicted octanol–water partition coefficient (Wildman–Crippen LogP) is 10.8. The van der Waals surface area contributed by atoms with Gasteiger partial charge < -0.3 is 24.0 Å². The molecule has 0 aliphatic carbocycles. The molecule has 11 rings (SSSR count). The molecule has 0 radical (unpaired) electrons. The van der Waals surface area contributed by atoms with Gasteiger partial charge in [0.2, 0.25) is 0 Å². The first-order chi connectivity index (χ1) is 38.9. The lowest BCUT2D eigenvalue weighted by atomic mass is 9.96. The molecule has 0 unspecified atom stereocenters. The van der Waals surface area contributed by atoms with Crippen LogP contribution in [0.25, 0.3) is 21.5 Å². The molecule has 3 aliphatic rings. The standard InChI is InChI=1S/C60H59N9O11/c70-66(71)49-21-23-54(56(38-49)68(74)75)64-29-27-61-25-26-63(43-53-51-16-6-1-11-44(51)37-45-12-2-7-17-52(45)53)40-46-13-3-8-18-58(46)78-34-31-62(32-35-79-59-19-9-4-14-47(59)41-64)33-36-80-60-20-10-5-15-48(60)42-65(30-28-61)55-24-22-50(67(72)73)39-57(55)69(76)77/h1-24,37-39H,25-36,40-43H2. The molecule has 20 heteroatoms. The Morgan fingerprint density at radius 1 is 0.388 bits per heavy atom. The molecule has 0 N–H and O–H groups in total. The highest BCUT2D eigenvalue weighted by atomic mass is 16.6. The van der Waals surface area contributed by atoms with E-state index >= 15 is 0 Å². The van der Waals surface area contributed by atoms with Gasteiger partial charge in [-0.15, -0.1) is 0 Å². The largest absolute Gasteiger partial charge is 0.492 e. The molecule has 0 amide bonds. The van der Waals surface area contributed by atoms with Crippen LogP contribution in [0.15, 0.2) is 164 Å². The van der Waals surface area contributed by atoms with Crippen LogP contribution < -0.4 is 24.0 Å². The van der Waals surface area contributed by atoms with Gasteiger partial charge in [-0.1, -0.05) is 103 Å². The number of nitro benzene ring substituents is 4. The first kappa shape index (κ1) is 54.1. The second-order valence-corrected chi connectivity index (χ2v) is 19.8. The summed E-state index contributed by atoms with van der Waals surface area (Å²) in [7, 11) is 0. The average Bonchev–Trinajstić information content (AvgIpc) is 3.46. The summed E-state index contributed by atoms with van der Waals surface area (Å²) in [4.78, 5) is 57.9. The lowest BCUT2D eigenvalue weighted by molar-refractivity contribution is -0.394. The highest BCUT2D eigenvalue weighted by Crippen LogP contribution is 2.37. The van der Waals surface area contributed by atoms with Crippen LogP contribution in [0.1, 0.15) is 22.3 Å². The van der Waals surface area contributed by atoms with Gasteiger partial charge >= 0.3 is 0 Å². The molecule has 0 atom stereocenters. The minimum Gasteiger partial charge on any atom is -0.492 e. The van der Waals surface area contributed by atoms with Crippen molar-refractivity contribution >= 4 is 55.7 Å². The Labute approximate surface area is 461 Å². The van der Waals surface area contributed by atoms with Gasteiger partial charge in [0.25, 0.3) is 22.7 Å². The molecule has 0 saturated heterocycles. The first-order valence-electron chi connectivity index (χ1n) is 26.5. The molecular weight excluding hydrogens is 1020 g/mol.